The first-order valence-corrected chi connectivity index (χ1v) is 6.59. The molecular formula is C15H21N3O2. The first kappa shape index (κ1) is 14.4. The molecule has 0 radical (unpaired) electrons. The standard InChI is InChI=1S/C15H21N3O2/c1-14(2,3)17-13-16-12(19)15(4,18-13)10-7-6-8-11(9-10)20-5/h6-9H,1-5H3,(H2,16,17,18,19). The SMILES string of the molecule is COc1cccc(C2(C)N=C(NC(C)(C)C)NC2=O)c1. The molecular weight excluding hydrogens is 254 g/mol. The van der Waals surface area contributed by atoms with Crippen LogP contribution in [0.15, 0.2) is 29.3 Å². The zero-order valence-electron chi connectivity index (χ0n) is 12.6. The van der Waals surface area contributed by atoms with E-state index in [1.807, 2.05) is 45.0 Å². The number of carbonyl (C=O) groups excluding carboxylic acids is 1. The predicted molar refractivity (Wildman–Crippen MR) is 78.8 cm³/mol. The summed E-state index contributed by atoms with van der Waals surface area (Å²) >= 11 is 0. The topological polar surface area (TPSA) is 62.7 Å². The van der Waals surface area contributed by atoms with Gasteiger partial charge in [0.05, 0.1) is 7.11 Å². The summed E-state index contributed by atoms with van der Waals surface area (Å²) in [6.07, 6.45) is 0. The molecule has 5 heteroatoms. The molecule has 20 heavy (non-hydrogen) atoms. The van der Waals surface area contributed by atoms with Crippen molar-refractivity contribution in [2.75, 3.05) is 7.11 Å². The largest absolute Gasteiger partial charge is 0.497 e. The third kappa shape index (κ3) is 2.76. The maximum absolute atomic E-state index is 12.3. The average Bonchev–Trinajstić information content (AvgIpc) is 2.63. The van der Waals surface area contributed by atoms with E-state index in [0.29, 0.717) is 11.7 Å². The Bertz CT molecular complexity index is 560. The lowest BCUT2D eigenvalue weighted by atomic mass is 9.92. The highest BCUT2D eigenvalue weighted by molar-refractivity contribution is 6.07. The second-order valence-corrected chi connectivity index (χ2v) is 6.09. The fourth-order valence-corrected chi connectivity index (χ4v) is 2.07. The lowest BCUT2D eigenvalue weighted by Gasteiger charge is -2.21. The molecule has 0 fully saturated rings. The molecule has 0 aliphatic carbocycles. The van der Waals surface area contributed by atoms with Gasteiger partial charge in [0.2, 0.25) is 0 Å². The lowest BCUT2D eigenvalue weighted by molar-refractivity contribution is -0.123. The smallest absolute Gasteiger partial charge is 0.259 e. The molecule has 1 unspecified atom stereocenters. The maximum atomic E-state index is 12.3. The molecule has 1 aromatic rings. The molecule has 2 N–H and O–H groups in total. The Morgan fingerprint density at radius 3 is 2.65 bits per heavy atom. The van der Waals surface area contributed by atoms with E-state index in [1.54, 1.807) is 14.0 Å². The number of carbonyl (C=O) groups is 1. The summed E-state index contributed by atoms with van der Waals surface area (Å²) in [6.45, 7) is 7.85. The molecule has 0 bridgehead atoms. The van der Waals surface area contributed by atoms with E-state index >= 15 is 0 Å². The van der Waals surface area contributed by atoms with Gasteiger partial charge in [-0.15, -0.1) is 0 Å². The Morgan fingerprint density at radius 2 is 2.05 bits per heavy atom. The Hall–Kier alpha value is -2.04. The summed E-state index contributed by atoms with van der Waals surface area (Å²) in [7, 11) is 1.60. The van der Waals surface area contributed by atoms with Crippen LogP contribution in [0.1, 0.15) is 33.3 Å². The van der Waals surface area contributed by atoms with Crippen molar-refractivity contribution in [2.24, 2.45) is 4.99 Å². The molecule has 0 aromatic heterocycles. The number of guanidine groups is 1. The van der Waals surface area contributed by atoms with Crippen LogP contribution >= 0.6 is 0 Å². The van der Waals surface area contributed by atoms with Crippen LogP contribution in [0.3, 0.4) is 0 Å². The first-order valence-electron chi connectivity index (χ1n) is 6.59. The summed E-state index contributed by atoms with van der Waals surface area (Å²) in [5, 5.41) is 5.98. The van der Waals surface area contributed by atoms with Gasteiger partial charge in [-0.3, -0.25) is 10.1 Å². The van der Waals surface area contributed by atoms with E-state index in [4.69, 9.17) is 4.74 Å². The van der Waals surface area contributed by atoms with Crippen LogP contribution < -0.4 is 15.4 Å². The van der Waals surface area contributed by atoms with Gasteiger partial charge in [-0.05, 0) is 45.4 Å². The van der Waals surface area contributed by atoms with Crippen molar-refractivity contribution in [3.63, 3.8) is 0 Å². The number of rotatable bonds is 2. The van der Waals surface area contributed by atoms with E-state index in [9.17, 15) is 4.79 Å². The number of amides is 1. The van der Waals surface area contributed by atoms with E-state index in [0.717, 1.165) is 5.56 Å². The minimum absolute atomic E-state index is 0.141. The van der Waals surface area contributed by atoms with Gasteiger partial charge >= 0.3 is 0 Å². The van der Waals surface area contributed by atoms with Crippen LogP contribution in [0.4, 0.5) is 0 Å². The lowest BCUT2D eigenvalue weighted by Crippen LogP contribution is -2.47. The van der Waals surface area contributed by atoms with Crippen molar-refractivity contribution in [1.82, 2.24) is 10.6 Å². The number of benzene rings is 1. The molecule has 1 aliphatic rings. The van der Waals surface area contributed by atoms with E-state index < -0.39 is 5.54 Å². The van der Waals surface area contributed by atoms with Gasteiger partial charge in [0.15, 0.2) is 11.5 Å². The summed E-state index contributed by atoms with van der Waals surface area (Å²) in [5.41, 5.74) is -0.284. The van der Waals surface area contributed by atoms with Crippen molar-refractivity contribution in [3.8, 4) is 5.75 Å². The molecule has 2 rings (SSSR count). The Balaban J connectivity index is 2.35. The zero-order chi connectivity index (χ0) is 15.0. The van der Waals surface area contributed by atoms with Crippen LogP contribution in [0.25, 0.3) is 0 Å². The quantitative estimate of drug-likeness (QED) is 0.865. The molecule has 1 aromatic carbocycles. The maximum Gasteiger partial charge on any atom is 0.259 e. The molecule has 5 nitrogen and oxygen atoms in total. The van der Waals surface area contributed by atoms with E-state index in [1.165, 1.54) is 0 Å². The highest BCUT2D eigenvalue weighted by Gasteiger charge is 2.41. The third-order valence-electron chi connectivity index (χ3n) is 3.13. The van der Waals surface area contributed by atoms with Crippen molar-refractivity contribution >= 4 is 11.9 Å². The van der Waals surface area contributed by atoms with Gasteiger partial charge in [0, 0.05) is 5.54 Å². The summed E-state index contributed by atoms with van der Waals surface area (Å²) in [5.74, 6) is 1.08. The molecule has 108 valence electrons. The van der Waals surface area contributed by atoms with Crippen LogP contribution in [-0.2, 0) is 10.3 Å². The average molecular weight is 275 g/mol. The second-order valence-electron chi connectivity index (χ2n) is 6.09. The second kappa shape index (κ2) is 4.81. The highest BCUT2D eigenvalue weighted by Crippen LogP contribution is 2.31. The van der Waals surface area contributed by atoms with Crippen molar-refractivity contribution in [3.05, 3.63) is 29.8 Å². The van der Waals surface area contributed by atoms with Gasteiger partial charge in [-0.2, -0.15) is 0 Å². The number of nitrogens with one attached hydrogen (secondary N) is 2. The Labute approximate surface area is 119 Å². The van der Waals surface area contributed by atoms with Gasteiger partial charge in [-0.25, -0.2) is 4.99 Å². The number of hydrogen-bond donors (Lipinski definition) is 2. The van der Waals surface area contributed by atoms with Crippen molar-refractivity contribution in [2.45, 2.75) is 38.8 Å². The number of hydrogen-bond acceptors (Lipinski definition) is 4. The van der Waals surface area contributed by atoms with Gasteiger partial charge < -0.3 is 10.1 Å². The fourth-order valence-electron chi connectivity index (χ4n) is 2.07. The van der Waals surface area contributed by atoms with Gasteiger partial charge in [-0.1, -0.05) is 12.1 Å². The first-order chi connectivity index (χ1) is 9.24. The fraction of sp³-hybridized carbons (Fsp3) is 0.467. The number of ether oxygens (including phenoxy) is 1. The number of methoxy groups -OCH3 is 1. The predicted octanol–water partition coefficient (Wildman–Crippen LogP) is 1.78. The highest BCUT2D eigenvalue weighted by atomic mass is 16.5. The zero-order valence-corrected chi connectivity index (χ0v) is 12.6. The molecule has 0 spiro atoms. The van der Waals surface area contributed by atoms with Gasteiger partial charge in [0.25, 0.3) is 5.91 Å². The van der Waals surface area contributed by atoms with Crippen molar-refractivity contribution in [1.29, 1.82) is 0 Å². The molecule has 0 saturated heterocycles. The Kier molecular flexibility index (Phi) is 3.46. The van der Waals surface area contributed by atoms with Crippen LogP contribution in [0.5, 0.6) is 5.75 Å². The number of nitrogens with zero attached hydrogens (tertiary/aromatic N) is 1. The number of aliphatic imine (C=N–C) groups is 1. The van der Waals surface area contributed by atoms with Crippen LogP contribution in [0.2, 0.25) is 0 Å². The molecule has 1 aliphatic heterocycles. The summed E-state index contributed by atoms with van der Waals surface area (Å²) in [4.78, 5) is 16.8. The summed E-state index contributed by atoms with van der Waals surface area (Å²) < 4.78 is 5.21. The van der Waals surface area contributed by atoms with E-state index in [-0.39, 0.29) is 11.4 Å². The van der Waals surface area contributed by atoms with Gasteiger partial charge in [0.1, 0.15) is 5.75 Å². The molecule has 1 heterocycles. The Morgan fingerprint density at radius 1 is 1.35 bits per heavy atom. The van der Waals surface area contributed by atoms with Crippen LogP contribution in [-0.4, -0.2) is 24.5 Å². The van der Waals surface area contributed by atoms with Crippen molar-refractivity contribution < 1.29 is 9.53 Å². The minimum Gasteiger partial charge on any atom is -0.497 e. The molecule has 1 atom stereocenters. The third-order valence-corrected chi connectivity index (χ3v) is 3.13. The normalized spacial score (nSPS) is 22.2. The molecule has 0 saturated carbocycles. The minimum atomic E-state index is -0.928. The summed E-state index contributed by atoms with van der Waals surface area (Å²) in [6, 6.07) is 7.42. The van der Waals surface area contributed by atoms with Crippen LogP contribution in [0, 0.1) is 0 Å². The monoisotopic (exact) mass is 275 g/mol. The van der Waals surface area contributed by atoms with E-state index in [2.05, 4.69) is 15.6 Å². The molecule has 1 amide bonds.